The van der Waals surface area contributed by atoms with Gasteiger partial charge in [-0.2, -0.15) is 30.4 Å². The van der Waals surface area contributed by atoms with E-state index in [2.05, 4.69) is 4.74 Å². The van der Waals surface area contributed by atoms with Gasteiger partial charge in [-0.25, -0.2) is 0 Å². The van der Waals surface area contributed by atoms with Crippen LogP contribution in [0.4, 0.5) is 22.0 Å². The van der Waals surface area contributed by atoms with E-state index in [1.807, 2.05) is 0 Å². The van der Waals surface area contributed by atoms with Crippen molar-refractivity contribution in [3.63, 3.8) is 0 Å². The molecule has 14 heteroatoms. The van der Waals surface area contributed by atoms with Gasteiger partial charge in [0.25, 0.3) is 6.10 Å². The highest BCUT2D eigenvalue weighted by Gasteiger charge is 2.69. The lowest BCUT2D eigenvalue weighted by Gasteiger charge is -2.28. The number of ether oxygens (including phenoxy) is 3. The number of hydrogen-bond acceptors (Lipinski definition) is 7. The molecule has 8 nitrogen and oxygen atoms in total. The van der Waals surface area contributed by atoms with Gasteiger partial charge in [0.2, 0.25) is 0 Å². The summed E-state index contributed by atoms with van der Waals surface area (Å²) in [6.45, 7) is 0. The molecule has 0 spiro atoms. The van der Waals surface area contributed by atoms with Gasteiger partial charge < -0.3 is 14.2 Å². The first-order chi connectivity index (χ1) is 11.2. The van der Waals surface area contributed by atoms with Crippen molar-refractivity contribution in [2.75, 3.05) is 0 Å². The van der Waals surface area contributed by atoms with Crippen LogP contribution in [0.5, 0.6) is 0 Å². The van der Waals surface area contributed by atoms with Gasteiger partial charge >= 0.3 is 33.5 Å². The Hall–Kier alpha value is -1.54. The molecule has 2 bridgehead atoms. The fraction of sp³-hybridized carbons (Fsp3) is 0.818. The fourth-order valence-electron chi connectivity index (χ4n) is 3.22. The minimum Gasteiger partial charge on any atom is -0.458 e. The topological polar surface area (TPSA) is 116 Å². The molecule has 1 N–H and O–H groups in total. The quantitative estimate of drug-likeness (QED) is 0.409. The molecule has 25 heavy (non-hydrogen) atoms. The lowest BCUT2D eigenvalue weighted by Crippen LogP contribution is -2.53. The lowest BCUT2D eigenvalue weighted by molar-refractivity contribution is -0.261. The number of rotatable bonds is 4. The fourth-order valence-corrected chi connectivity index (χ4v) is 3.68. The third kappa shape index (κ3) is 2.66. The summed E-state index contributed by atoms with van der Waals surface area (Å²) in [5, 5.41) is -5.83. The molecule has 0 amide bonds. The molecule has 0 aromatic rings. The van der Waals surface area contributed by atoms with Gasteiger partial charge in [-0.3, -0.25) is 14.1 Å². The molecule has 0 aromatic heterocycles. The zero-order chi connectivity index (χ0) is 18.9. The monoisotopic (exact) mass is 396 g/mol. The molecule has 142 valence electrons. The van der Waals surface area contributed by atoms with Crippen molar-refractivity contribution in [1.82, 2.24) is 0 Å². The molecular weight excluding hydrogens is 387 g/mol. The average Bonchev–Trinajstić information content (AvgIpc) is 3.03. The highest BCUT2D eigenvalue weighted by Crippen LogP contribution is 2.50. The van der Waals surface area contributed by atoms with E-state index >= 15 is 0 Å². The zero-order valence-electron chi connectivity index (χ0n) is 11.8. The molecule has 6 unspecified atom stereocenters. The van der Waals surface area contributed by atoms with Gasteiger partial charge in [-0.1, -0.05) is 0 Å². The second-order valence-corrected chi connectivity index (χ2v) is 7.30. The first kappa shape index (κ1) is 18.3. The summed E-state index contributed by atoms with van der Waals surface area (Å²) < 4.78 is 108. The molecule has 3 rings (SSSR count). The van der Waals surface area contributed by atoms with Crippen molar-refractivity contribution in [2.45, 2.75) is 42.3 Å². The van der Waals surface area contributed by atoms with Crippen LogP contribution in [-0.4, -0.2) is 60.8 Å². The third-order valence-corrected chi connectivity index (χ3v) is 5.20. The molecule has 6 atom stereocenters. The molecule has 0 radical (unpaired) electrons. The summed E-state index contributed by atoms with van der Waals surface area (Å²) >= 11 is 0. The molecule has 3 fully saturated rings. The summed E-state index contributed by atoms with van der Waals surface area (Å²) in [4.78, 5) is 23.4. The maximum absolute atomic E-state index is 13.4. The zero-order valence-corrected chi connectivity index (χ0v) is 12.6. The molecule has 0 aromatic carbocycles. The van der Waals surface area contributed by atoms with Gasteiger partial charge in [0.05, 0.1) is 12.0 Å². The maximum atomic E-state index is 13.4. The lowest BCUT2D eigenvalue weighted by atomic mass is 9.82. The Morgan fingerprint density at radius 1 is 1.24 bits per heavy atom. The van der Waals surface area contributed by atoms with Gasteiger partial charge in [-0.15, -0.1) is 0 Å². The molecule has 3 aliphatic heterocycles. The number of halogens is 5. The number of hydrogen-bond donors (Lipinski definition) is 1. The second kappa shape index (κ2) is 5.23. The van der Waals surface area contributed by atoms with E-state index in [1.54, 1.807) is 0 Å². The molecule has 3 heterocycles. The Balaban J connectivity index is 1.84. The summed E-state index contributed by atoms with van der Waals surface area (Å²) in [6, 6.07) is 0. The van der Waals surface area contributed by atoms with Crippen LogP contribution in [0.3, 0.4) is 0 Å². The van der Waals surface area contributed by atoms with E-state index in [-0.39, 0.29) is 6.42 Å². The Morgan fingerprint density at radius 2 is 1.84 bits per heavy atom. The highest BCUT2D eigenvalue weighted by molar-refractivity contribution is 7.86. The first-order valence-corrected chi connectivity index (χ1v) is 8.17. The Bertz CT molecular complexity index is 718. The molecular formula is C11H9F5O8S. The van der Waals surface area contributed by atoms with Crippen molar-refractivity contribution < 1.29 is 58.7 Å². The highest BCUT2D eigenvalue weighted by atomic mass is 32.2. The van der Waals surface area contributed by atoms with Crippen molar-refractivity contribution in [3.05, 3.63) is 0 Å². The van der Waals surface area contributed by atoms with Crippen molar-refractivity contribution in [3.8, 4) is 0 Å². The molecule has 3 saturated heterocycles. The van der Waals surface area contributed by atoms with Crippen molar-refractivity contribution >= 4 is 22.1 Å². The van der Waals surface area contributed by atoms with Crippen LogP contribution < -0.4 is 0 Å². The van der Waals surface area contributed by atoms with Crippen molar-refractivity contribution in [1.29, 1.82) is 0 Å². The van der Waals surface area contributed by atoms with Crippen molar-refractivity contribution in [2.24, 2.45) is 11.8 Å². The van der Waals surface area contributed by atoms with Gasteiger partial charge in [0.15, 0.2) is 0 Å². The summed E-state index contributed by atoms with van der Waals surface area (Å²) in [5.41, 5.74) is 0. The molecule has 3 aliphatic rings. The number of carbonyl (C=O) groups is 2. The Morgan fingerprint density at radius 3 is 2.36 bits per heavy atom. The number of esters is 2. The van der Waals surface area contributed by atoms with Crippen LogP contribution in [0.2, 0.25) is 0 Å². The van der Waals surface area contributed by atoms with E-state index < -0.39 is 69.7 Å². The van der Waals surface area contributed by atoms with Gasteiger partial charge in [0, 0.05) is 0 Å². The average molecular weight is 396 g/mol. The van der Waals surface area contributed by atoms with E-state index in [0.717, 1.165) is 0 Å². The van der Waals surface area contributed by atoms with Crippen LogP contribution in [0.25, 0.3) is 0 Å². The van der Waals surface area contributed by atoms with E-state index in [1.165, 1.54) is 0 Å². The SMILES string of the molecule is O=C1OC2C3OC(CC13)C2C(=O)OC(C(F)(F)F)C(F)(F)S(=O)(=O)O. The Kier molecular flexibility index (Phi) is 3.82. The van der Waals surface area contributed by atoms with E-state index in [4.69, 9.17) is 14.0 Å². The number of alkyl halides is 5. The molecule has 0 saturated carbocycles. The van der Waals surface area contributed by atoms with Crippen LogP contribution in [-0.2, 0) is 33.9 Å². The largest absolute Gasteiger partial charge is 0.458 e. The number of carbonyl (C=O) groups excluding carboxylic acids is 2. The van der Waals surface area contributed by atoms with E-state index in [0.29, 0.717) is 0 Å². The maximum Gasteiger partial charge on any atom is 0.432 e. The van der Waals surface area contributed by atoms with Gasteiger partial charge in [-0.05, 0) is 6.42 Å². The Labute approximate surface area is 135 Å². The minimum atomic E-state index is -6.53. The minimum absolute atomic E-state index is 0.0643. The van der Waals surface area contributed by atoms with Crippen LogP contribution in [0, 0.1) is 11.8 Å². The predicted octanol–water partition coefficient (Wildman–Crippen LogP) is 0.270. The normalized spacial score (nSPS) is 35.6. The second-order valence-electron chi connectivity index (χ2n) is 5.80. The smallest absolute Gasteiger partial charge is 0.432 e. The van der Waals surface area contributed by atoms with E-state index in [9.17, 15) is 40.0 Å². The van der Waals surface area contributed by atoms with Gasteiger partial charge in [0.1, 0.15) is 18.1 Å². The standard InChI is InChI=1S/C11H9F5O8S/c12-10(13,14)9(11(15,16)25(19,20)21)24-8(18)4-3-1-2-5(22-3)6(4)23-7(2)17/h2-6,9H,1H2,(H,19,20,21). The number of fused-ring (bicyclic) bond motifs is 1. The third-order valence-electron chi connectivity index (χ3n) is 4.30. The summed E-state index contributed by atoms with van der Waals surface area (Å²) in [6.07, 6.45) is -13.8. The van der Waals surface area contributed by atoms with Crippen LogP contribution in [0.1, 0.15) is 6.42 Å². The summed E-state index contributed by atoms with van der Waals surface area (Å²) in [5.74, 6) is -4.90. The first-order valence-electron chi connectivity index (χ1n) is 6.73. The summed E-state index contributed by atoms with van der Waals surface area (Å²) in [7, 11) is -6.53. The van der Waals surface area contributed by atoms with Crippen LogP contribution in [0.15, 0.2) is 0 Å². The predicted molar refractivity (Wildman–Crippen MR) is 62.6 cm³/mol. The van der Waals surface area contributed by atoms with Crippen LogP contribution >= 0.6 is 0 Å². The molecule has 0 aliphatic carbocycles.